The lowest BCUT2D eigenvalue weighted by atomic mass is 10.1. The normalized spacial score (nSPS) is 15.7. The summed E-state index contributed by atoms with van der Waals surface area (Å²) in [5, 5.41) is 2.88. The first kappa shape index (κ1) is 18.5. The van der Waals surface area contributed by atoms with Gasteiger partial charge in [-0.1, -0.05) is 6.07 Å². The van der Waals surface area contributed by atoms with Gasteiger partial charge in [0, 0.05) is 37.6 Å². The second kappa shape index (κ2) is 8.37. The van der Waals surface area contributed by atoms with Gasteiger partial charge in [-0.3, -0.25) is 4.90 Å². The minimum absolute atomic E-state index is 0.173. The number of alkyl halides is 3. The Morgan fingerprint density at radius 3 is 2.65 bits per heavy atom. The van der Waals surface area contributed by atoms with E-state index >= 15 is 0 Å². The minimum atomic E-state index is -4.45. The molecule has 2 heterocycles. The summed E-state index contributed by atoms with van der Waals surface area (Å²) >= 11 is 0. The SMILES string of the molecule is FC(F)(F)c1cc(Nc2ccccn2)cc(OCCN2CCOCC2)c1. The molecular weight excluding hydrogens is 347 g/mol. The van der Waals surface area contributed by atoms with E-state index in [4.69, 9.17) is 9.47 Å². The Hall–Kier alpha value is -2.32. The molecule has 0 amide bonds. The summed E-state index contributed by atoms with van der Waals surface area (Å²) in [4.78, 5) is 6.22. The summed E-state index contributed by atoms with van der Waals surface area (Å²) in [6.45, 7) is 3.90. The molecule has 0 saturated carbocycles. The third-order valence-corrected chi connectivity index (χ3v) is 3.95. The van der Waals surface area contributed by atoms with Crippen molar-refractivity contribution in [2.45, 2.75) is 6.18 Å². The van der Waals surface area contributed by atoms with Crippen LogP contribution in [-0.2, 0) is 10.9 Å². The van der Waals surface area contributed by atoms with E-state index in [9.17, 15) is 13.2 Å². The van der Waals surface area contributed by atoms with Crippen LogP contribution in [0.2, 0.25) is 0 Å². The van der Waals surface area contributed by atoms with E-state index in [0.717, 1.165) is 25.2 Å². The molecule has 1 N–H and O–H groups in total. The summed E-state index contributed by atoms with van der Waals surface area (Å²) < 4.78 is 50.4. The number of aromatic nitrogens is 1. The van der Waals surface area contributed by atoms with Crippen LogP contribution in [0, 0.1) is 0 Å². The zero-order chi connectivity index (χ0) is 18.4. The quantitative estimate of drug-likeness (QED) is 0.846. The van der Waals surface area contributed by atoms with E-state index in [0.29, 0.717) is 32.2 Å². The molecule has 1 aliphatic rings. The Bertz CT molecular complexity index is 705. The molecular formula is C18H20F3N3O2. The predicted molar refractivity (Wildman–Crippen MR) is 91.7 cm³/mol. The predicted octanol–water partition coefficient (Wildman–Crippen LogP) is 3.56. The van der Waals surface area contributed by atoms with Crippen molar-refractivity contribution in [3.8, 4) is 5.75 Å². The first-order chi connectivity index (χ1) is 12.5. The van der Waals surface area contributed by atoms with Crippen molar-refractivity contribution in [2.24, 2.45) is 0 Å². The van der Waals surface area contributed by atoms with E-state index in [1.54, 1.807) is 30.5 Å². The summed E-state index contributed by atoms with van der Waals surface area (Å²) in [5.74, 6) is 0.637. The van der Waals surface area contributed by atoms with Gasteiger partial charge in [0.1, 0.15) is 18.2 Å². The van der Waals surface area contributed by atoms with Crippen LogP contribution in [0.15, 0.2) is 42.6 Å². The molecule has 140 valence electrons. The number of ether oxygens (including phenoxy) is 2. The molecule has 1 fully saturated rings. The van der Waals surface area contributed by atoms with Gasteiger partial charge in [0.25, 0.3) is 0 Å². The van der Waals surface area contributed by atoms with Crippen LogP contribution < -0.4 is 10.1 Å². The molecule has 0 aliphatic carbocycles. The van der Waals surface area contributed by atoms with Gasteiger partial charge in [-0.25, -0.2) is 4.98 Å². The largest absolute Gasteiger partial charge is 0.492 e. The Kier molecular flexibility index (Phi) is 5.95. The number of morpholine rings is 1. The monoisotopic (exact) mass is 367 g/mol. The molecule has 1 aliphatic heterocycles. The Morgan fingerprint density at radius 1 is 1.15 bits per heavy atom. The molecule has 1 aromatic carbocycles. The zero-order valence-corrected chi connectivity index (χ0v) is 14.1. The Labute approximate surface area is 149 Å². The average molecular weight is 367 g/mol. The standard InChI is InChI=1S/C18H20F3N3O2/c19-18(20,21)14-11-15(23-17-3-1-2-4-22-17)13-16(12-14)26-10-7-24-5-8-25-9-6-24/h1-4,11-13H,5-10H2,(H,22,23). The third-order valence-electron chi connectivity index (χ3n) is 3.95. The van der Waals surface area contributed by atoms with Gasteiger partial charge in [-0.2, -0.15) is 13.2 Å². The number of benzene rings is 1. The number of halogens is 3. The molecule has 3 rings (SSSR count). The highest BCUT2D eigenvalue weighted by Crippen LogP contribution is 2.34. The molecule has 2 aromatic rings. The average Bonchev–Trinajstić information content (AvgIpc) is 2.63. The van der Waals surface area contributed by atoms with Crippen LogP contribution in [0.4, 0.5) is 24.7 Å². The first-order valence-corrected chi connectivity index (χ1v) is 8.34. The molecule has 0 spiro atoms. The van der Waals surface area contributed by atoms with E-state index < -0.39 is 11.7 Å². The molecule has 8 heteroatoms. The lowest BCUT2D eigenvalue weighted by Gasteiger charge is -2.26. The summed E-state index contributed by atoms with van der Waals surface area (Å²) in [6.07, 6.45) is -2.89. The van der Waals surface area contributed by atoms with Crippen LogP contribution in [0.5, 0.6) is 5.75 Å². The molecule has 26 heavy (non-hydrogen) atoms. The zero-order valence-electron chi connectivity index (χ0n) is 14.1. The fraction of sp³-hybridized carbons (Fsp3) is 0.389. The van der Waals surface area contributed by atoms with E-state index in [-0.39, 0.29) is 11.4 Å². The first-order valence-electron chi connectivity index (χ1n) is 8.34. The van der Waals surface area contributed by atoms with Crippen molar-refractivity contribution in [3.05, 3.63) is 48.2 Å². The lowest BCUT2D eigenvalue weighted by molar-refractivity contribution is -0.137. The van der Waals surface area contributed by atoms with E-state index in [1.165, 1.54) is 0 Å². The number of anilines is 2. The summed E-state index contributed by atoms with van der Waals surface area (Å²) in [7, 11) is 0. The van der Waals surface area contributed by atoms with E-state index in [1.807, 2.05) is 0 Å². The van der Waals surface area contributed by atoms with Crippen molar-refractivity contribution in [1.82, 2.24) is 9.88 Å². The van der Waals surface area contributed by atoms with Crippen LogP contribution in [0.25, 0.3) is 0 Å². The van der Waals surface area contributed by atoms with Crippen LogP contribution in [0.3, 0.4) is 0 Å². The van der Waals surface area contributed by atoms with Gasteiger partial charge >= 0.3 is 6.18 Å². The molecule has 5 nitrogen and oxygen atoms in total. The lowest BCUT2D eigenvalue weighted by Crippen LogP contribution is -2.38. The van der Waals surface area contributed by atoms with E-state index in [2.05, 4.69) is 15.2 Å². The highest BCUT2D eigenvalue weighted by molar-refractivity contribution is 5.60. The van der Waals surface area contributed by atoms with Crippen LogP contribution >= 0.6 is 0 Å². The number of nitrogens with zero attached hydrogens (tertiary/aromatic N) is 2. The molecule has 1 aromatic heterocycles. The minimum Gasteiger partial charge on any atom is -0.492 e. The highest BCUT2D eigenvalue weighted by atomic mass is 19.4. The number of rotatable bonds is 6. The number of pyridine rings is 1. The molecule has 0 bridgehead atoms. The van der Waals surface area contributed by atoms with Gasteiger partial charge in [-0.15, -0.1) is 0 Å². The molecule has 1 saturated heterocycles. The maximum absolute atomic E-state index is 13.2. The summed E-state index contributed by atoms with van der Waals surface area (Å²) in [5.41, 5.74) is -0.486. The third kappa shape index (κ3) is 5.34. The Balaban J connectivity index is 1.70. The van der Waals surface area contributed by atoms with Gasteiger partial charge in [0.15, 0.2) is 0 Å². The van der Waals surface area contributed by atoms with Gasteiger partial charge in [0.2, 0.25) is 0 Å². The fourth-order valence-corrected chi connectivity index (χ4v) is 2.62. The van der Waals surface area contributed by atoms with Crippen LogP contribution in [-0.4, -0.2) is 49.3 Å². The number of nitrogens with one attached hydrogen (secondary N) is 1. The maximum atomic E-state index is 13.2. The maximum Gasteiger partial charge on any atom is 0.416 e. The van der Waals surface area contributed by atoms with Crippen molar-refractivity contribution >= 4 is 11.5 Å². The van der Waals surface area contributed by atoms with Crippen molar-refractivity contribution in [3.63, 3.8) is 0 Å². The Morgan fingerprint density at radius 2 is 1.96 bits per heavy atom. The second-order valence-corrected chi connectivity index (χ2v) is 5.89. The molecule has 0 unspecified atom stereocenters. The van der Waals surface area contributed by atoms with Gasteiger partial charge in [0.05, 0.1) is 18.8 Å². The summed E-state index contributed by atoms with van der Waals surface area (Å²) in [6, 6.07) is 8.77. The topological polar surface area (TPSA) is 46.6 Å². The van der Waals surface area contributed by atoms with Gasteiger partial charge in [-0.05, 0) is 24.3 Å². The smallest absolute Gasteiger partial charge is 0.416 e. The van der Waals surface area contributed by atoms with Crippen LogP contribution in [0.1, 0.15) is 5.56 Å². The highest BCUT2D eigenvalue weighted by Gasteiger charge is 2.31. The molecule has 0 atom stereocenters. The van der Waals surface area contributed by atoms with Crippen molar-refractivity contribution in [2.75, 3.05) is 44.8 Å². The van der Waals surface area contributed by atoms with Crippen molar-refractivity contribution < 1.29 is 22.6 Å². The number of hydrogen-bond acceptors (Lipinski definition) is 5. The van der Waals surface area contributed by atoms with Gasteiger partial charge < -0.3 is 14.8 Å². The molecule has 0 radical (unpaired) electrons. The second-order valence-electron chi connectivity index (χ2n) is 5.89. The van der Waals surface area contributed by atoms with Crippen molar-refractivity contribution in [1.29, 1.82) is 0 Å². The fourth-order valence-electron chi connectivity index (χ4n) is 2.62. The number of hydrogen-bond donors (Lipinski definition) is 1.